The third-order valence-corrected chi connectivity index (χ3v) is 5.50. The van der Waals surface area contributed by atoms with E-state index in [1.165, 1.54) is 13.2 Å². The maximum Gasteiger partial charge on any atom is 0.222 e. The summed E-state index contributed by atoms with van der Waals surface area (Å²) < 4.78 is 18.7. The van der Waals surface area contributed by atoms with Crippen LogP contribution in [-0.4, -0.2) is 55.0 Å². The van der Waals surface area contributed by atoms with Gasteiger partial charge in [0.1, 0.15) is 0 Å². The Bertz CT molecular complexity index is 602. The molecular formula is C19H28FN3O2. The minimum absolute atomic E-state index is 0.190. The molecule has 6 heteroatoms. The van der Waals surface area contributed by atoms with E-state index in [1.54, 1.807) is 6.07 Å². The minimum Gasteiger partial charge on any atom is -0.494 e. The van der Waals surface area contributed by atoms with Crippen LogP contribution >= 0.6 is 0 Å². The predicted molar refractivity (Wildman–Crippen MR) is 94.7 cm³/mol. The number of halogens is 1. The SMILES string of the molecule is COc1ccc(CN2CCN(C(=O)C[C@@H]3CCC[C@H]3N)CC2)cc1F. The number of ether oxygens (including phenoxy) is 1. The molecule has 0 spiro atoms. The predicted octanol–water partition coefficient (Wildman–Crippen LogP) is 2.00. The van der Waals surface area contributed by atoms with E-state index in [9.17, 15) is 9.18 Å². The molecule has 1 aromatic rings. The zero-order valence-electron chi connectivity index (χ0n) is 14.9. The van der Waals surface area contributed by atoms with Crippen molar-refractivity contribution >= 4 is 5.91 Å². The molecule has 1 amide bonds. The van der Waals surface area contributed by atoms with Crippen LogP contribution in [0.2, 0.25) is 0 Å². The quantitative estimate of drug-likeness (QED) is 0.883. The van der Waals surface area contributed by atoms with Gasteiger partial charge >= 0.3 is 0 Å². The number of nitrogens with zero attached hydrogens (tertiary/aromatic N) is 2. The Morgan fingerprint density at radius 1 is 1.28 bits per heavy atom. The highest BCUT2D eigenvalue weighted by Crippen LogP contribution is 2.27. The Morgan fingerprint density at radius 2 is 2.04 bits per heavy atom. The number of nitrogens with two attached hydrogens (primary N) is 1. The van der Waals surface area contributed by atoms with Gasteiger partial charge in [0.05, 0.1) is 7.11 Å². The highest BCUT2D eigenvalue weighted by molar-refractivity contribution is 5.76. The van der Waals surface area contributed by atoms with Gasteiger partial charge in [0.15, 0.2) is 11.6 Å². The maximum absolute atomic E-state index is 13.8. The second kappa shape index (κ2) is 8.15. The van der Waals surface area contributed by atoms with E-state index in [0.717, 1.165) is 51.0 Å². The molecule has 2 N–H and O–H groups in total. The summed E-state index contributed by atoms with van der Waals surface area (Å²) >= 11 is 0. The van der Waals surface area contributed by atoms with Crippen molar-refractivity contribution in [3.63, 3.8) is 0 Å². The van der Waals surface area contributed by atoms with Crippen LogP contribution in [0.4, 0.5) is 4.39 Å². The molecule has 2 fully saturated rings. The lowest BCUT2D eigenvalue weighted by atomic mass is 9.99. The van der Waals surface area contributed by atoms with Gasteiger partial charge in [-0.3, -0.25) is 9.69 Å². The van der Waals surface area contributed by atoms with E-state index in [-0.39, 0.29) is 23.5 Å². The lowest BCUT2D eigenvalue weighted by molar-refractivity contribution is -0.134. The average molecular weight is 349 g/mol. The van der Waals surface area contributed by atoms with Crippen molar-refractivity contribution in [2.45, 2.75) is 38.3 Å². The van der Waals surface area contributed by atoms with Crippen molar-refractivity contribution in [1.29, 1.82) is 0 Å². The third-order valence-electron chi connectivity index (χ3n) is 5.50. The van der Waals surface area contributed by atoms with Crippen LogP contribution in [0, 0.1) is 11.7 Å². The van der Waals surface area contributed by atoms with Gasteiger partial charge in [-0.05, 0) is 36.5 Å². The summed E-state index contributed by atoms with van der Waals surface area (Å²) in [5.74, 6) is 0.524. The van der Waals surface area contributed by atoms with E-state index >= 15 is 0 Å². The number of piperazine rings is 1. The molecular weight excluding hydrogens is 321 g/mol. The first-order valence-corrected chi connectivity index (χ1v) is 9.15. The number of rotatable bonds is 5. The Labute approximate surface area is 148 Å². The summed E-state index contributed by atoms with van der Waals surface area (Å²) in [5, 5.41) is 0. The molecule has 3 rings (SSSR count). The molecule has 0 aromatic heterocycles. The summed E-state index contributed by atoms with van der Waals surface area (Å²) in [5.41, 5.74) is 7.01. The molecule has 0 unspecified atom stereocenters. The number of hydrogen-bond acceptors (Lipinski definition) is 4. The van der Waals surface area contributed by atoms with Crippen molar-refractivity contribution in [3.05, 3.63) is 29.6 Å². The topological polar surface area (TPSA) is 58.8 Å². The molecule has 1 heterocycles. The lowest BCUT2D eigenvalue weighted by Crippen LogP contribution is -2.49. The fourth-order valence-electron chi connectivity index (χ4n) is 3.89. The molecule has 1 saturated heterocycles. The number of hydrogen-bond donors (Lipinski definition) is 1. The first kappa shape index (κ1) is 18.1. The molecule has 1 aliphatic carbocycles. The summed E-state index contributed by atoms with van der Waals surface area (Å²) in [7, 11) is 1.47. The van der Waals surface area contributed by atoms with Crippen LogP contribution in [0.15, 0.2) is 18.2 Å². The maximum atomic E-state index is 13.8. The van der Waals surface area contributed by atoms with Gasteiger partial charge in [-0.15, -0.1) is 0 Å². The van der Waals surface area contributed by atoms with Crippen LogP contribution in [0.5, 0.6) is 5.75 Å². The zero-order chi connectivity index (χ0) is 17.8. The smallest absolute Gasteiger partial charge is 0.222 e. The molecule has 25 heavy (non-hydrogen) atoms. The highest BCUT2D eigenvalue weighted by atomic mass is 19.1. The standard InChI is InChI=1S/C19H28FN3O2/c1-25-18-6-5-14(11-16(18)20)13-22-7-9-23(10-8-22)19(24)12-15-3-2-4-17(15)21/h5-6,11,15,17H,2-4,7-10,12-13,21H2,1H3/t15-,17+/m0/s1. The number of methoxy groups -OCH3 is 1. The summed E-state index contributed by atoms with van der Waals surface area (Å²) in [6.07, 6.45) is 3.86. The van der Waals surface area contributed by atoms with E-state index in [2.05, 4.69) is 4.90 Å². The number of carbonyl (C=O) groups excluding carboxylic acids is 1. The number of benzene rings is 1. The average Bonchev–Trinajstić information content (AvgIpc) is 3.00. The lowest BCUT2D eigenvalue weighted by Gasteiger charge is -2.35. The van der Waals surface area contributed by atoms with Crippen LogP contribution in [0.3, 0.4) is 0 Å². The molecule has 138 valence electrons. The van der Waals surface area contributed by atoms with Crippen molar-refractivity contribution < 1.29 is 13.9 Å². The zero-order valence-corrected chi connectivity index (χ0v) is 14.9. The van der Waals surface area contributed by atoms with Crippen LogP contribution < -0.4 is 10.5 Å². The fourth-order valence-corrected chi connectivity index (χ4v) is 3.89. The minimum atomic E-state index is -0.332. The summed E-state index contributed by atoms with van der Waals surface area (Å²) in [6.45, 7) is 3.79. The van der Waals surface area contributed by atoms with Crippen molar-refractivity contribution in [3.8, 4) is 5.75 Å². The summed E-state index contributed by atoms with van der Waals surface area (Å²) in [4.78, 5) is 16.7. The molecule has 0 bridgehead atoms. The fraction of sp³-hybridized carbons (Fsp3) is 0.632. The molecule has 5 nitrogen and oxygen atoms in total. The van der Waals surface area contributed by atoms with Crippen molar-refractivity contribution in [2.24, 2.45) is 11.7 Å². The van der Waals surface area contributed by atoms with E-state index < -0.39 is 0 Å². The van der Waals surface area contributed by atoms with E-state index in [4.69, 9.17) is 10.5 Å². The Kier molecular flexibility index (Phi) is 5.91. The van der Waals surface area contributed by atoms with Gasteiger partial charge in [0.2, 0.25) is 5.91 Å². The molecule has 2 aliphatic rings. The second-order valence-corrected chi connectivity index (χ2v) is 7.18. The number of amides is 1. The monoisotopic (exact) mass is 349 g/mol. The normalized spacial score (nSPS) is 24.5. The molecule has 0 radical (unpaired) electrons. The van der Waals surface area contributed by atoms with Gasteiger partial charge in [-0.1, -0.05) is 12.5 Å². The van der Waals surface area contributed by atoms with Gasteiger partial charge in [-0.25, -0.2) is 4.39 Å². The Balaban J connectivity index is 1.46. The first-order chi connectivity index (χ1) is 12.1. The highest BCUT2D eigenvalue weighted by Gasteiger charge is 2.29. The Morgan fingerprint density at radius 3 is 2.64 bits per heavy atom. The second-order valence-electron chi connectivity index (χ2n) is 7.18. The molecule has 2 atom stereocenters. The largest absolute Gasteiger partial charge is 0.494 e. The Hall–Kier alpha value is -1.66. The van der Waals surface area contributed by atoms with Crippen LogP contribution in [-0.2, 0) is 11.3 Å². The number of carbonyl (C=O) groups is 1. The third kappa shape index (κ3) is 4.50. The van der Waals surface area contributed by atoms with Crippen molar-refractivity contribution in [1.82, 2.24) is 9.80 Å². The van der Waals surface area contributed by atoms with E-state index in [0.29, 0.717) is 18.9 Å². The van der Waals surface area contributed by atoms with Crippen LogP contribution in [0.25, 0.3) is 0 Å². The molecule has 1 aliphatic heterocycles. The molecule has 1 saturated carbocycles. The molecule has 1 aromatic carbocycles. The van der Waals surface area contributed by atoms with E-state index in [1.807, 2.05) is 11.0 Å². The van der Waals surface area contributed by atoms with Gasteiger partial charge in [-0.2, -0.15) is 0 Å². The van der Waals surface area contributed by atoms with Gasteiger partial charge in [0.25, 0.3) is 0 Å². The van der Waals surface area contributed by atoms with Crippen LogP contribution in [0.1, 0.15) is 31.2 Å². The summed E-state index contributed by atoms with van der Waals surface area (Å²) in [6, 6.07) is 5.27. The van der Waals surface area contributed by atoms with Gasteiger partial charge in [0, 0.05) is 45.2 Å². The van der Waals surface area contributed by atoms with Crippen molar-refractivity contribution in [2.75, 3.05) is 33.3 Å². The van der Waals surface area contributed by atoms with Gasteiger partial charge < -0.3 is 15.4 Å². The first-order valence-electron chi connectivity index (χ1n) is 9.15.